The lowest BCUT2D eigenvalue weighted by Gasteiger charge is -2.29. The molecule has 3 unspecified atom stereocenters. The summed E-state index contributed by atoms with van der Waals surface area (Å²) in [6.07, 6.45) is -1.14. The standard InChI is InChI=1S/C31H23N3O7/c1-19-8-5-6-13-25(19)32-29(35)26-27(20-14-16-24(17-15-20)40-31(37)21-9-3-2-4-10-21)33(41-28(26)30(32)36)22-11-7-12-23(18-22)34(38)39/h2-18,26-28H,1H3. The first-order valence-corrected chi connectivity index (χ1v) is 12.8. The van der Waals surface area contributed by atoms with Crippen molar-refractivity contribution < 1.29 is 28.9 Å². The van der Waals surface area contributed by atoms with Crippen LogP contribution in [0.1, 0.15) is 27.5 Å². The molecule has 10 heteroatoms. The molecule has 2 saturated heterocycles. The summed E-state index contributed by atoms with van der Waals surface area (Å²) >= 11 is 0. The summed E-state index contributed by atoms with van der Waals surface area (Å²) in [5, 5.41) is 12.9. The third kappa shape index (κ3) is 4.60. The smallest absolute Gasteiger partial charge is 0.343 e. The van der Waals surface area contributed by atoms with Crippen LogP contribution in [0.15, 0.2) is 103 Å². The van der Waals surface area contributed by atoms with E-state index >= 15 is 0 Å². The van der Waals surface area contributed by atoms with E-state index in [1.165, 1.54) is 23.3 Å². The molecule has 2 heterocycles. The number of amides is 2. The fourth-order valence-corrected chi connectivity index (χ4v) is 5.25. The van der Waals surface area contributed by atoms with Crippen LogP contribution in [-0.4, -0.2) is 28.8 Å². The second kappa shape index (κ2) is 10.3. The van der Waals surface area contributed by atoms with Gasteiger partial charge in [0.2, 0.25) is 5.91 Å². The number of carbonyl (C=O) groups is 3. The van der Waals surface area contributed by atoms with Gasteiger partial charge in [0.25, 0.3) is 11.6 Å². The van der Waals surface area contributed by atoms with Crippen molar-refractivity contribution in [2.45, 2.75) is 19.1 Å². The lowest BCUT2D eigenvalue weighted by molar-refractivity contribution is -0.384. The number of rotatable bonds is 6. The second-order valence-corrected chi connectivity index (χ2v) is 9.72. The van der Waals surface area contributed by atoms with Gasteiger partial charge in [-0.1, -0.05) is 54.6 Å². The largest absolute Gasteiger partial charge is 0.423 e. The Kier molecular flexibility index (Phi) is 6.52. The van der Waals surface area contributed by atoms with E-state index in [2.05, 4.69) is 0 Å². The first-order chi connectivity index (χ1) is 19.8. The van der Waals surface area contributed by atoms with Gasteiger partial charge in [0, 0.05) is 12.1 Å². The predicted molar refractivity (Wildman–Crippen MR) is 148 cm³/mol. The van der Waals surface area contributed by atoms with Gasteiger partial charge in [-0.15, -0.1) is 0 Å². The Morgan fingerprint density at radius 1 is 0.878 bits per heavy atom. The van der Waals surface area contributed by atoms with E-state index < -0.39 is 40.8 Å². The van der Waals surface area contributed by atoms with Gasteiger partial charge in [-0.3, -0.25) is 24.5 Å². The number of hydrogen-bond acceptors (Lipinski definition) is 8. The highest BCUT2D eigenvalue weighted by Gasteiger charge is 2.60. The number of carbonyl (C=O) groups excluding carboxylic acids is 3. The fraction of sp³-hybridized carbons (Fsp3) is 0.129. The summed E-state index contributed by atoms with van der Waals surface area (Å²) in [5.41, 5.74) is 2.38. The van der Waals surface area contributed by atoms with Crippen LogP contribution in [0.4, 0.5) is 17.1 Å². The van der Waals surface area contributed by atoms with Crippen LogP contribution in [0.3, 0.4) is 0 Å². The fourth-order valence-electron chi connectivity index (χ4n) is 5.25. The van der Waals surface area contributed by atoms with Crippen molar-refractivity contribution >= 4 is 34.8 Å². The van der Waals surface area contributed by atoms with Gasteiger partial charge in [0.15, 0.2) is 6.10 Å². The van der Waals surface area contributed by atoms with Gasteiger partial charge in [-0.05, 0) is 54.4 Å². The molecule has 2 aliphatic rings. The highest BCUT2D eigenvalue weighted by Crippen LogP contribution is 2.48. The number of hydrogen-bond donors (Lipinski definition) is 0. The average Bonchev–Trinajstić information content (AvgIpc) is 3.50. The predicted octanol–water partition coefficient (Wildman–Crippen LogP) is 5.17. The van der Waals surface area contributed by atoms with E-state index in [1.807, 2.05) is 19.1 Å². The number of aryl methyl sites for hydroxylation is 1. The van der Waals surface area contributed by atoms with E-state index in [1.54, 1.807) is 72.8 Å². The normalized spacial score (nSPS) is 19.8. The van der Waals surface area contributed by atoms with Crippen molar-refractivity contribution in [2.24, 2.45) is 5.92 Å². The summed E-state index contributed by atoms with van der Waals surface area (Å²) in [4.78, 5) is 58.2. The molecule has 4 aromatic rings. The molecular weight excluding hydrogens is 526 g/mol. The highest BCUT2D eigenvalue weighted by atomic mass is 16.7. The van der Waals surface area contributed by atoms with Gasteiger partial charge in [-0.25, -0.2) is 14.8 Å². The molecule has 2 fully saturated rings. The first kappa shape index (κ1) is 25.9. The van der Waals surface area contributed by atoms with Crippen molar-refractivity contribution in [1.29, 1.82) is 0 Å². The average molecular weight is 550 g/mol. The van der Waals surface area contributed by atoms with Crippen molar-refractivity contribution in [1.82, 2.24) is 0 Å². The summed E-state index contributed by atoms with van der Waals surface area (Å²) in [6, 6.07) is 27.2. The Balaban J connectivity index is 1.37. The van der Waals surface area contributed by atoms with Crippen molar-refractivity contribution in [2.75, 3.05) is 9.96 Å². The van der Waals surface area contributed by atoms with Gasteiger partial charge < -0.3 is 4.74 Å². The monoisotopic (exact) mass is 549 g/mol. The van der Waals surface area contributed by atoms with Gasteiger partial charge >= 0.3 is 5.97 Å². The number of imide groups is 1. The maximum absolute atomic E-state index is 13.9. The summed E-state index contributed by atoms with van der Waals surface area (Å²) in [7, 11) is 0. The Bertz CT molecular complexity index is 1670. The Morgan fingerprint density at radius 2 is 1.59 bits per heavy atom. The number of nitro benzene ring substituents is 1. The molecule has 3 atom stereocenters. The van der Waals surface area contributed by atoms with E-state index in [0.29, 0.717) is 22.5 Å². The van der Waals surface area contributed by atoms with Crippen molar-refractivity contribution in [3.63, 3.8) is 0 Å². The van der Waals surface area contributed by atoms with Crippen LogP contribution >= 0.6 is 0 Å². The number of para-hydroxylation sites is 1. The van der Waals surface area contributed by atoms with E-state index in [4.69, 9.17) is 9.57 Å². The molecule has 0 aliphatic carbocycles. The zero-order valence-corrected chi connectivity index (χ0v) is 21.7. The van der Waals surface area contributed by atoms with Crippen LogP contribution in [0.2, 0.25) is 0 Å². The maximum atomic E-state index is 13.9. The molecule has 6 rings (SSSR count). The molecule has 0 N–H and O–H groups in total. The van der Waals surface area contributed by atoms with Crippen LogP contribution in [-0.2, 0) is 14.4 Å². The number of anilines is 2. The number of ether oxygens (including phenoxy) is 1. The minimum atomic E-state index is -1.14. The van der Waals surface area contributed by atoms with E-state index in [0.717, 1.165) is 10.5 Å². The number of nitrogens with zero attached hydrogens (tertiary/aromatic N) is 3. The van der Waals surface area contributed by atoms with Crippen LogP contribution in [0.25, 0.3) is 0 Å². The highest BCUT2D eigenvalue weighted by molar-refractivity contribution is 6.24. The number of benzene rings is 4. The molecule has 2 amide bonds. The third-order valence-corrected chi connectivity index (χ3v) is 7.21. The maximum Gasteiger partial charge on any atom is 0.343 e. The minimum absolute atomic E-state index is 0.163. The molecular formula is C31H23N3O7. The molecule has 10 nitrogen and oxygen atoms in total. The third-order valence-electron chi connectivity index (χ3n) is 7.21. The van der Waals surface area contributed by atoms with Crippen LogP contribution in [0.5, 0.6) is 5.75 Å². The van der Waals surface area contributed by atoms with Crippen LogP contribution < -0.4 is 14.7 Å². The zero-order chi connectivity index (χ0) is 28.7. The van der Waals surface area contributed by atoms with Crippen molar-refractivity contribution in [3.8, 4) is 5.75 Å². The SMILES string of the molecule is Cc1ccccc1N1C(=O)C2ON(c3cccc([N+](=O)[O-])c3)C(c3ccc(OC(=O)c4ccccc4)cc3)C2C1=O. The Morgan fingerprint density at radius 3 is 2.29 bits per heavy atom. The first-order valence-electron chi connectivity index (χ1n) is 12.8. The number of hydroxylamine groups is 1. The number of nitro groups is 1. The summed E-state index contributed by atoms with van der Waals surface area (Å²) in [5.74, 6) is -2.12. The van der Waals surface area contributed by atoms with Gasteiger partial charge in [0.1, 0.15) is 11.7 Å². The molecule has 0 spiro atoms. The molecule has 0 aromatic heterocycles. The molecule has 0 saturated carbocycles. The summed E-state index contributed by atoms with van der Waals surface area (Å²) in [6.45, 7) is 1.81. The number of esters is 1. The molecule has 2 aliphatic heterocycles. The van der Waals surface area contributed by atoms with E-state index in [9.17, 15) is 24.5 Å². The summed E-state index contributed by atoms with van der Waals surface area (Å²) < 4.78 is 5.50. The number of fused-ring (bicyclic) bond motifs is 1. The van der Waals surface area contributed by atoms with Gasteiger partial charge in [-0.2, -0.15) is 0 Å². The van der Waals surface area contributed by atoms with Crippen LogP contribution in [0, 0.1) is 23.0 Å². The molecule has 41 heavy (non-hydrogen) atoms. The topological polar surface area (TPSA) is 119 Å². The van der Waals surface area contributed by atoms with Crippen molar-refractivity contribution in [3.05, 3.63) is 130 Å². The number of non-ortho nitro benzene ring substituents is 1. The molecule has 0 radical (unpaired) electrons. The van der Waals surface area contributed by atoms with E-state index in [-0.39, 0.29) is 11.4 Å². The lowest BCUT2D eigenvalue weighted by Crippen LogP contribution is -2.37. The molecule has 0 bridgehead atoms. The molecule has 204 valence electrons. The zero-order valence-electron chi connectivity index (χ0n) is 21.7. The Hall–Kier alpha value is -5.35. The lowest BCUT2D eigenvalue weighted by atomic mass is 9.90. The quantitative estimate of drug-likeness (QED) is 0.106. The molecule has 4 aromatic carbocycles. The second-order valence-electron chi connectivity index (χ2n) is 9.72. The van der Waals surface area contributed by atoms with Gasteiger partial charge in [0.05, 0.1) is 27.9 Å². The Labute approximate surface area is 234 Å². The minimum Gasteiger partial charge on any atom is -0.423 e.